The molecule has 1 atom stereocenters. The fourth-order valence-corrected chi connectivity index (χ4v) is 5.04. The lowest BCUT2D eigenvalue weighted by molar-refractivity contribution is -0.138. The van der Waals surface area contributed by atoms with Crippen LogP contribution in [0.1, 0.15) is 12.8 Å². The van der Waals surface area contributed by atoms with Crippen LogP contribution in [0.4, 0.5) is 0 Å². The van der Waals surface area contributed by atoms with Gasteiger partial charge in [0, 0.05) is 19.6 Å². The van der Waals surface area contributed by atoms with Gasteiger partial charge >= 0.3 is 0 Å². The Bertz CT molecular complexity index is 700. The number of sulfonamides is 1. The van der Waals surface area contributed by atoms with Crippen LogP contribution < -0.4 is 4.74 Å². The summed E-state index contributed by atoms with van der Waals surface area (Å²) in [5.74, 6) is 0.163. The number of para-hydroxylation sites is 1. The van der Waals surface area contributed by atoms with E-state index in [1.54, 1.807) is 23.1 Å². The first kappa shape index (κ1) is 17.2. The molecule has 1 amide bonds. The van der Waals surface area contributed by atoms with Gasteiger partial charge < -0.3 is 14.4 Å². The average molecular weight is 354 g/mol. The maximum absolute atomic E-state index is 13.1. The molecule has 8 heteroatoms. The molecule has 0 radical (unpaired) electrons. The van der Waals surface area contributed by atoms with E-state index in [0.29, 0.717) is 51.4 Å². The van der Waals surface area contributed by atoms with E-state index >= 15 is 0 Å². The van der Waals surface area contributed by atoms with Crippen LogP contribution in [0.15, 0.2) is 29.2 Å². The Hall–Kier alpha value is -1.64. The van der Waals surface area contributed by atoms with E-state index in [0.717, 1.165) is 0 Å². The van der Waals surface area contributed by atoms with Gasteiger partial charge in [0.15, 0.2) is 0 Å². The average Bonchev–Trinajstić information content (AvgIpc) is 3.12. The quantitative estimate of drug-likeness (QED) is 0.796. The Morgan fingerprint density at radius 3 is 2.62 bits per heavy atom. The van der Waals surface area contributed by atoms with Crippen molar-refractivity contribution in [3.8, 4) is 5.75 Å². The largest absolute Gasteiger partial charge is 0.495 e. The SMILES string of the molecule is COc1ccccc1S(=O)(=O)N1CCCC1C(=O)N1CCOCC1. The summed E-state index contributed by atoms with van der Waals surface area (Å²) in [7, 11) is -2.35. The topological polar surface area (TPSA) is 76.2 Å². The first-order valence-electron chi connectivity index (χ1n) is 8.07. The van der Waals surface area contributed by atoms with E-state index in [4.69, 9.17) is 9.47 Å². The zero-order valence-corrected chi connectivity index (χ0v) is 14.5. The van der Waals surface area contributed by atoms with Gasteiger partial charge in [-0.05, 0) is 25.0 Å². The van der Waals surface area contributed by atoms with E-state index in [9.17, 15) is 13.2 Å². The molecule has 24 heavy (non-hydrogen) atoms. The molecule has 7 nitrogen and oxygen atoms in total. The van der Waals surface area contributed by atoms with Crippen molar-refractivity contribution in [2.45, 2.75) is 23.8 Å². The fourth-order valence-electron chi connectivity index (χ4n) is 3.23. The third-order valence-corrected chi connectivity index (χ3v) is 6.41. The van der Waals surface area contributed by atoms with Crippen LogP contribution in [0.25, 0.3) is 0 Å². The molecular formula is C16H22N2O5S. The Morgan fingerprint density at radius 2 is 1.92 bits per heavy atom. The number of hydrogen-bond acceptors (Lipinski definition) is 5. The number of morpholine rings is 1. The first-order valence-corrected chi connectivity index (χ1v) is 9.51. The van der Waals surface area contributed by atoms with Gasteiger partial charge in [0.05, 0.1) is 20.3 Å². The van der Waals surface area contributed by atoms with Crippen LogP contribution in [0.3, 0.4) is 0 Å². The van der Waals surface area contributed by atoms with Crippen molar-refractivity contribution in [3.63, 3.8) is 0 Å². The number of carbonyl (C=O) groups is 1. The lowest BCUT2D eigenvalue weighted by Crippen LogP contribution is -2.51. The maximum Gasteiger partial charge on any atom is 0.247 e. The van der Waals surface area contributed by atoms with Crippen LogP contribution in [0.2, 0.25) is 0 Å². The van der Waals surface area contributed by atoms with Gasteiger partial charge in [-0.2, -0.15) is 4.31 Å². The summed E-state index contributed by atoms with van der Waals surface area (Å²) in [5, 5.41) is 0. The summed E-state index contributed by atoms with van der Waals surface area (Å²) in [5.41, 5.74) is 0. The minimum atomic E-state index is -3.78. The van der Waals surface area contributed by atoms with Gasteiger partial charge in [0.1, 0.15) is 16.7 Å². The number of hydrogen-bond donors (Lipinski definition) is 0. The highest BCUT2D eigenvalue weighted by molar-refractivity contribution is 7.89. The van der Waals surface area contributed by atoms with Crippen molar-refractivity contribution in [1.29, 1.82) is 0 Å². The summed E-state index contributed by atoms with van der Waals surface area (Å²) in [6.07, 6.45) is 1.22. The number of carbonyl (C=O) groups excluding carboxylic acids is 1. The molecule has 2 saturated heterocycles. The summed E-state index contributed by atoms with van der Waals surface area (Å²) >= 11 is 0. The summed E-state index contributed by atoms with van der Waals surface area (Å²) in [4.78, 5) is 14.6. The molecule has 2 aliphatic heterocycles. The van der Waals surface area contributed by atoms with E-state index in [2.05, 4.69) is 0 Å². The van der Waals surface area contributed by atoms with Crippen molar-refractivity contribution in [3.05, 3.63) is 24.3 Å². The van der Waals surface area contributed by atoms with Gasteiger partial charge in [0.2, 0.25) is 15.9 Å². The molecular weight excluding hydrogens is 332 g/mol. The highest BCUT2D eigenvalue weighted by Gasteiger charge is 2.42. The second-order valence-corrected chi connectivity index (χ2v) is 7.72. The maximum atomic E-state index is 13.1. The molecule has 1 unspecified atom stereocenters. The van der Waals surface area contributed by atoms with E-state index in [1.807, 2.05) is 0 Å². The van der Waals surface area contributed by atoms with Crippen molar-refractivity contribution in [2.75, 3.05) is 40.0 Å². The predicted molar refractivity (Wildman–Crippen MR) is 87.3 cm³/mol. The van der Waals surface area contributed by atoms with Gasteiger partial charge in [-0.3, -0.25) is 4.79 Å². The van der Waals surface area contributed by atoms with Gasteiger partial charge in [-0.1, -0.05) is 12.1 Å². The molecule has 0 spiro atoms. The molecule has 0 saturated carbocycles. The summed E-state index contributed by atoms with van der Waals surface area (Å²) < 4.78 is 37.9. The highest BCUT2D eigenvalue weighted by atomic mass is 32.2. The number of methoxy groups -OCH3 is 1. The van der Waals surface area contributed by atoms with Crippen molar-refractivity contribution >= 4 is 15.9 Å². The molecule has 0 bridgehead atoms. The van der Waals surface area contributed by atoms with E-state index in [-0.39, 0.29) is 10.8 Å². The molecule has 0 aromatic heterocycles. The number of benzene rings is 1. The molecule has 0 N–H and O–H groups in total. The molecule has 3 rings (SSSR count). The van der Waals surface area contributed by atoms with Crippen molar-refractivity contribution in [1.82, 2.24) is 9.21 Å². The second-order valence-electron chi connectivity index (χ2n) is 5.86. The lowest BCUT2D eigenvalue weighted by Gasteiger charge is -2.32. The highest BCUT2D eigenvalue weighted by Crippen LogP contribution is 2.32. The lowest BCUT2D eigenvalue weighted by atomic mass is 10.2. The zero-order valence-electron chi connectivity index (χ0n) is 13.7. The number of amides is 1. The Labute approximate surface area is 142 Å². The van der Waals surface area contributed by atoms with Gasteiger partial charge in [-0.25, -0.2) is 8.42 Å². The normalized spacial score (nSPS) is 22.5. The van der Waals surface area contributed by atoms with Crippen LogP contribution >= 0.6 is 0 Å². The van der Waals surface area contributed by atoms with E-state index in [1.165, 1.54) is 17.5 Å². The molecule has 1 aromatic carbocycles. The predicted octanol–water partition coefficient (Wildman–Crippen LogP) is 0.707. The van der Waals surface area contributed by atoms with Gasteiger partial charge in [-0.15, -0.1) is 0 Å². The van der Waals surface area contributed by atoms with Crippen LogP contribution in [-0.4, -0.2) is 69.5 Å². The molecule has 2 aliphatic rings. The van der Waals surface area contributed by atoms with E-state index < -0.39 is 16.1 Å². The molecule has 0 aliphatic carbocycles. The number of rotatable bonds is 4. The number of ether oxygens (including phenoxy) is 2. The Morgan fingerprint density at radius 1 is 1.21 bits per heavy atom. The second kappa shape index (κ2) is 7.08. The third kappa shape index (κ3) is 3.13. The molecule has 2 heterocycles. The zero-order chi connectivity index (χ0) is 17.2. The van der Waals surface area contributed by atoms with Crippen LogP contribution in [-0.2, 0) is 19.6 Å². The smallest absolute Gasteiger partial charge is 0.247 e. The summed E-state index contributed by atoms with van der Waals surface area (Å²) in [6.45, 7) is 2.37. The third-order valence-electron chi connectivity index (χ3n) is 4.47. The monoisotopic (exact) mass is 354 g/mol. The van der Waals surface area contributed by atoms with Gasteiger partial charge in [0.25, 0.3) is 0 Å². The minimum absolute atomic E-state index is 0.106. The summed E-state index contributed by atoms with van der Waals surface area (Å²) in [6, 6.07) is 5.87. The standard InChI is InChI=1S/C16H22N2O5S/c1-22-14-6-2-3-7-15(14)24(20,21)18-8-4-5-13(18)16(19)17-9-11-23-12-10-17/h2-3,6-7,13H,4-5,8-12H2,1H3. The Kier molecular flexibility index (Phi) is 5.07. The van der Waals surface area contributed by atoms with Crippen molar-refractivity contribution < 1.29 is 22.7 Å². The van der Waals surface area contributed by atoms with Crippen molar-refractivity contribution in [2.24, 2.45) is 0 Å². The Balaban J connectivity index is 1.87. The minimum Gasteiger partial charge on any atom is -0.495 e. The first-order chi connectivity index (χ1) is 11.6. The van der Waals surface area contributed by atoms with Crippen LogP contribution in [0, 0.1) is 0 Å². The molecule has 2 fully saturated rings. The molecule has 1 aromatic rings. The van der Waals surface area contributed by atoms with Crippen LogP contribution in [0.5, 0.6) is 5.75 Å². The number of nitrogens with zero attached hydrogens (tertiary/aromatic N) is 2. The fraction of sp³-hybridized carbons (Fsp3) is 0.562. The molecule has 132 valence electrons.